The summed E-state index contributed by atoms with van der Waals surface area (Å²) in [5.41, 5.74) is 0.459. The van der Waals surface area contributed by atoms with Crippen LogP contribution in [0.25, 0.3) is 0 Å². The van der Waals surface area contributed by atoms with E-state index in [-0.39, 0.29) is 5.91 Å². The zero-order valence-corrected chi connectivity index (χ0v) is 14.8. The summed E-state index contributed by atoms with van der Waals surface area (Å²) in [6.07, 6.45) is 3.48. The van der Waals surface area contributed by atoms with Crippen molar-refractivity contribution in [3.8, 4) is 0 Å². The van der Waals surface area contributed by atoms with E-state index in [0.29, 0.717) is 24.7 Å². The Labute approximate surface area is 148 Å². The topological polar surface area (TPSA) is 65.5 Å². The number of carbonyl (C=O) groups excluding carboxylic acids is 1. The number of hydrogen-bond donors (Lipinski definition) is 0. The highest BCUT2D eigenvalue weighted by molar-refractivity contribution is 5.92. The molecule has 1 fully saturated rings. The normalized spacial score (nSPS) is 14.5. The summed E-state index contributed by atoms with van der Waals surface area (Å²) in [5.74, 6) is 1.58. The Morgan fingerprint density at radius 1 is 1.00 bits per heavy atom. The molecule has 132 valence electrons. The lowest BCUT2D eigenvalue weighted by Crippen LogP contribution is -2.47. The molecular weight excluding hydrogens is 316 g/mol. The first-order chi connectivity index (χ1) is 12.2. The molecule has 0 saturated carbocycles. The van der Waals surface area contributed by atoms with Gasteiger partial charge in [-0.1, -0.05) is 6.07 Å². The molecule has 0 N–H and O–H groups in total. The van der Waals surface area contributed by atoms with Gasteiger partial charge in [-0.25, -0.2) is 15.0 Å². The van der Waals surface area contributed by atoms with Crippen LogP contribution in [0.3, 0.4) is 0 Å². The van der Waals surface area contributed by atoms with Crippen LogP contribution in [0, 0.1) is 0 Å². The standard InChI is InChI=1S/C18H24N6O/c1-3-22(4-2)17(25)15-8-10-20-18(21-15)24-13-11-23(12-14-24)16-7-5-6-9-19-16/h5-10H,3-4,11-14H2,1-2H3. The van der Waals surface area contributed by atoms with Crippen LogP contribution >= 0.6 is 0 Å². The van der Waals surface area contributed by atoms with Crippen molar-refractivity contribution in [2.24, 2.45) is 0 Å². The first-order valence-electron chi connectivity index (χ1n) is 8.76. The monoisotopic (exact) mass is 340 g/mol. The van der Waals surface area contributed by atoms with Gasteiger partial charge in [0.25, 0.3) is 5.91 Å². The molecule has 2 aromatic rings. The van der Waals surface area contributed by atoms with E-state index < -0.39 is 0 Å². The van der Waals surface area contributed by atoms with Crippen molar-refractivity contribution in [1.82, 2.24) is 19.9 Å². The van der Waals surface area contributed by atoms with Crippen molar-refractivity contribution in [3.05, 3.63) is 42.4 Å². The molecule has 1 aliphatic rings. The minimum absolute atomic E-state index is 0.0410. The molecular formula is C18H24N6O. The van der Waals surface area contributed by atoms with E-state index in [0.717, 1.165) is 32.0 Å². The molecule has 2 aromatic heterocycles. The van der Waals surface area contributed by atoms with E-state index in [1.165, 1.54) is 0 Å². The van der Waals surface area contributed by atoms with Gasteiger partial charge in [0, 0.05) is 51.7 Å². The molecule has 7 nitrogen and oxygen atoms in total. The summed E-state index contributed by atoms with van der Waals surface area (Å²) in [6.45, 7) is 8.62. The number of carbonyl (C=O) groups is 1. The average molecular weight is 340 g/mol. The van der Waals surface area contributed by atoms with Gasteiger partial charge in [0.2, 0.25) is 5.95 Å². The largest absolute Gasteiger partial charge is 0.353 e. The predicted octanol–water partition coefficient (Wildman–Crippen LogP) is 1.68. The SMILES string of the molecule is CCN(CC)C(=O)c1ccnc(N2CCN(c3ccccn3)CC2)n1. The van der Waals surface area contributed by atoms with Gasteiger partial charge in [-0.2, -0.15) is 0 Å². The zero-order valence-electron chi connectivity index (χ0n) is 14.8. The van der Waals surface area contributed by atoms with Crippen LogP contribution in [0.1, 0.15) is 24.3 Å². The maximum atomic E-state index is 12.5. The number of pyridine rings is 1. The minimum Gasteiger partial charge on any atom is -0.353 e. The second-order valence-corrected chi connectivity index (χ2v) is 5.88. The summed E-state index contributed by atoms with van der Waals surface area (Å²) >= 11 is 0. The lowest BCUT2D eigenvalue weighted by atomic mass is 10.3. The Morgan fingerprint density at radius 3 is 2.36 bits per heavy atom. The van der Waals surface area contributed by atoms with Gasteiger partial charge in [0.15, 0.2) is 0 Å². The number of anilines is 2. The number of aromatic nitrogens is 3. The number of rotatable bonds is 5. The molecule has 0 aromatic carbocycles. The number of hydrogen-bond acceptors (Lipinski definition) is 6. The first-order valence-corrected chi connectivity index (χ1v) is 8.76. The highest BCUT2D eigenvalue weighted by Crippen LogP contribution is 2.16. The van der Waals surface area contributed by atoms with Gasteiger partial charge in [-0.3, -0.25) is 4.79 Å². The maximum absolute atomic E-state index is 12.5. The van der Waals surface area contributed by atoms with Gasteiger partial charge >= 0.3 is 0 Å². The fraction of sp³-hybridized carbons (Fsp3) is 0.444. The molecule has 1 amide bonds. The van der Waals surface area contributed by atoms with Gasteiger partial charge in [0.05, 0.1) is 0 Å². The summed E-state index contributed by atoms with van der Waals surface area (Å²) in [5, 5.41) is 0. The van der Waals surface area contributed by atoms with Crippen LogP contribution < -0.4 is 9.80 Å². The van der Waals surface area contributed by atoms with Crippen molar-refractivity contribution < 1.29 is 4.79 Å². The van der Waals surface area contributed by atoms with E-state index in [9.17, 15) is 4.79 Å². The fourth-order valence-corrected chi connectivity index (χ4v) is 2.97. The van der Waals surface area contributed by atoms with Gasteiger partial charge in [-0.15, -0.1) is 0 Å². The summed E-state index contributed by atoms with van der Waals surface area (Å²) in [6, 6.07) is 7.63. The minimum atomic E-state index is -0.0410. The van der Waals surface area contributed by atoms with Crippen LogP contribution in [0.5, 0.6) is 0 Å². The van der Waals surface area contributed by atoms with Crippen molar-refractivity contribution in [3.63, 3.8) is 0 Å². The number of piperazine rings is 1. The molecule has 0 bridgehead atoms. The Kier molecular flexibility index (Phi) is 5.42. The maximum Gasteiger partial charge on any atom is 0.272 e. The van der Waals surface area contributed by atoms with E-state index in [1.54, 1.807) is 17.2 Å². The third-order valence-electron chi connectivity index (χ3n) is 4.45. The Bertz CT molecular complexity index is 696. The van der Waals surface area contributed by atoms with Gasteiger partial charge in [-0.05, 0) is 32.0 Å². The summed E-state index contributed by atoms with van der Waals surface area (Å²) in [4.78, 5) is 31.9. The quantitative estimate of drug-likeness (QED) is 0.825. The average Bonchev–Trinajstić information content (AvgIpc) is 2.70. The molecule has 0 spiro atoms. The van der Waals surface area contributed by atoms with Crippen LogP contribution in [-0.2, 0) is 0 Å². The third-order valence-corrected chi connectivity index (χ3v) is 4.45. The zero-order chi connectivity index (χ0) is 17.6. The lowest BCUT2D eigenvalue weighted by molar-refractivity contribution is 0.0767. The van der Waals surface area contributed by atoms with E-state index in [2.05, 4.69) is 24.8 Å². The van der Waals surface area contributed by atoms with Crippen LogP contribution in [-0.4, -0.2) is 65.0 Å². The Balaban J connectivity index is 1.67. The Hall–Kier alpha value is -2.70. The number of nitrogens with zero attached hydrogens (tertiary/aromatic N) is 6. The molecule has 3 heterocycles. The van der Waals surface area contributed by atoms with E-state index >= 15 is 0 Å². The molecule has 7 heteroatoms. The molecule has 0 aliphatic carbocycles. The molecule has 0 atom stereocenters. The Morgan fingerprint density at radius 2 is 1.72 bits per heavy atom. The highest BCUT2D eigenvalue weighted by Gasteiger charge is 2.21. The van der Waals surface area contributed by atoms with E-state index in [1.807, 2.05) is 38.2 Å². The van der Waals surface area contributed by atoms with Crippen LogP contribution in [0.15, 0.2) is 36.7 Å². The summed E-state index contributed by atoms with van der Waals surface area (Å²) in [7, 11) is 0. The molecule has 25 heavy (non-hydrogen) atoms. The van der Waals surface area contributed by atoms with Crippen LogP contribution in [0.4, 0.5) is 11.8 Å². The fourth-order valence-electron chi connectivity index (χ4n) is 2.97. The van der Waals surface area contributed by atoms with E-state index in [4.69, 9.17) is 0 Å². The van der Waals surface area contributed by atoms with Crippen molar-refractivity contribution in [2.45, 2.75) is 13.8 Å². The van der Waals surface area contributed by atoms with Crippen molar-refractivity contribution >= 4 is 17.7 Å². The molecule has 1 saturated heterocycles. The molecule has 3 rings (SSSR count). The molecule has 1 aliphatic heterocycles. The predicted molar refractivity (Wildman–Crippen MR) is 97.9 cm³/mol. The second-order valence-electron chi connectivity index (χ2n) is 5.88. The molecule has 0 radical (unpaired) electrons. The lowest BCUT2D eigenvalue weighted by Gasteiger charge is -2.35. The highest BCUT2D eigenvalue weighted by atomic mass is 16.2. The first kappa shape index (κ1) is 17.1. The van der Waals surface area contributed by atoms with Crippen LogP contribution in [0.2, 0.25) is 0 Å². The van der Waals surface area contributed by atoms with Crippen molar-refractivity contribution in [2.75, 3.05) is 49.1 Å². The van der Waals surface area contributed by atoms with Gasteiger partial charge < -0.3 is 14.7 Å². The number of amides is 1. The smallest absolute Gasteiger partial charge is 0.272 e. The van der Waals surface area contributed by atoms with Gasteiger partial charge in [0.1, 0.15) is 11.5 Å². The second kappa shape index (κ2) is 7.92. The van der Waals surface area contributed by atoms with Crippen molar-refractivity contribution in [1.29, 1.82) is 0 Å². The summed E-state index contributed by atoms with van der Waals surface area (Å²) < 4.78 is 0. The third kappa shape index (κ3) is 3.87. The molecule has 0 unspecified atom stereocenters.